The van der Waals surface area contributed by atoms with Crippen molar-refractivity contribution >= 4 is 0 Å². The van der Waals surface area contributed by atoms with Crippen LogP contribution in [0.3, 0.4) is 0 Å². The van der Waals surface area contributed by atoms with Crippen molar-refractivity contribution in [3.8, 4) is 0 Å². The first kappa shape index (κ1) is 13.5. The lowest BCUT2D eigenvalue weighted by molar-refractivity contribution is 0.536. The average Bonchev–Trinajstić information content (AvgIpc) is 2.40. The van der Waals surface area contributed by atoms with Crippen LogP contribution in [-0.4, -0.2) is 11.5 Å². The molecule has 0 fully saturated rings. The zero-order valence-electron chi connectivity index (χ0n) is 10.3. The summed E-state index contributed by atoms with van der Waals surface area (Å²) in [6, 6.07) is 5.32. The van der Waals surface area contributed by atoms with Crippen molar-refractivity contribution in [3.63, 3.8) is 0 Å². The monoisotopic (exact) mass is 266 g/mol. The van der Waals surface area contributed by atoms with E-state index in [2.05, 4.69) is 10.3 Å². The number of hydrogen-bond donors (Lipinski definition) is 1. The van der Waals surface area contributed by atoms with Crippen molar-refractivity contribution < 1.29 is 13.2 Å². The lowest BCUT2D eigenvalue weighted by atomic mass is 10.0. The highest BCUT2D eigenvalue weighted by Crippen LogP contribution is 2.24. The molecule has 0 aliphatic rings. The number of hydrogen-bond acceptors (Lipinski definition) is 2. The molecule has 0 amide bonds. The summed E-state index contributed by atoms with van der Waals surface area (Å²) in [6.45, 7) is 2.38. The number of benzene rings is 1. The molecule has 2 aromatic rings. The maximum Gasteiger partial charge on any atom is 0.141 e. The van der Waals surface area contributed by atoms with E-state index in [1.807, 2.05) is 6.92 Å². The van der Waals surface area contributed by atoms with Crippen LogP contribution in [0.2, 0.25) is 0 Å². The fourth-order valence-corrected chi connectivity index (χ4v) is 1.87. The van der Waals surface area contributed by atoms with Crippen LogP contribution in [0.5, 0.6) is 0 Å². The lowest BCUT2D eigenvalue weighted by Gasteiger charge is -2.18. The first-order valence-corrected chi connectivity index (χ1v) is 5.91. The Bertz CT molecular complexity index is 555. The summed E-state index contributed by atoms with van der Waals surface area (Å²) in [4.78, 5) is 3.92. The van der Waals surface area contributed by atoms with E-state index in [4.69, 9.17) is 0 Å². The average molecular weight is 266 g/mol. The quantitative estimate of drug-likeness (QED) is 0.919. The van der Waals surface area contributed by atoms with E-state index in [0.717, 1.165) is 24.4 Å². The molecule has 0 aliphatic carbocycles. The first-order chi connectivity index (χ1) is 9.11. The van der Waals surface area contributed by atoms with Gasteiger partial charge < -0.3 is 5.32 Å². The van der Waals surface area contributed by atoms with Gasteiger partial charge in [0.2, 0.25) is 0 Å². The predicted octanol–water partition coefficient (Wildman–Crippen LogP) is 3.20. The molecule has 1 aromatic carbocycles. The SMILES string of the molecule is CCNC(c1ccc(F)cn1)c1cc(F)ccc1F. The van der Waals surface area contributed by atoms with E-state index in [9.17, 15) is 13.2 Å². The molecule has 1 N–H and O–H groups in total. The summed E-state index contributed by atoms with van der Waals surface area (Å²) >= 11 is 0. The van der Waals surface area contributed by atoms with E-state index >= 15 is 0 Å². The summed E-state index contributed by atoms with van der Waals surface area (Å²) < 4.78 is 39.9. The van der Waals surface area contributed by atoms with Gasteiger partial charge in [-0.2, -0.15) is 0 Å². The van der Waals surface area contributed by atoms with Crippen molar-refractivity contribution in [2.45, 2.75) is 13.0 Å². The molecule has 1 atom stereocenters. The van der Waals surface area contributed by atoms with Crippen molar-refractivity contribution in [1.82, 2.24) is 10.3 Å². The minimum absolute atomic E-state index is 0.154. The second-order valence-electron chi connectivity index (χ2n) is 4.06. The minimum Gasteiger partial charge on any atom is -0.305 e. The highest BCUT2D eigenvalue weighted by Gasteiger charge is 2.19. The molecule has 100 valence electrons. The van der Waals surface area contributed by atoms with Gasteiger partial charge in [-0.05, 0) is 36.9 Å². The lowest BCUT2D eigenvalue weighted by Crippen LogP contribution is -2.24. The fraction of sp³-hybridized carbons (Fsp3) is 0.214. The number of pyridine rings is 1. The van der Waals surface area contributed by atoms with Crippen molar-refractivity contribution in [2.24, 2.45) is 0 Å². The van der Waals surface area contributed by atoms with Gasteiger partial charge in [0, 0.05) is 5.56 Å². The van der Waals surface area contributed by atoms with E-state index in [1.165, 1.54) is 12.1 Å². The van der Waals surface area contributed by atoms with Gasteiger partial charge in [0.15, 0.2) is 0 Å². The van der Waals surface area contributed by atoms with Crippen LogP contribution in [-0.2, 0) is 0 Å². The zero-order valence-corrected chi connectivity index (χ0v) is 10.3. The van der Waals surface area contributed by atoms with Crippen molar-refractivity contribution in [2.75, 3.05) is 6.54 Å². The van der Waals surface area contributed by atoms with E-state index < -0.39 is 23.5 Å². The highest BCUT2D eigenvalue weighted by atomic mass is 19.1. The number of halogens is 3. The molecule has 1 aromatic heterocycles. The molecule has 0 radical (unpaired) electrons. The molecule has 1 unspecified atom stereocenters. The maximum absolute atomic E-state index is 13.8. The second-order valence-corrected chi connectivity index (χ2v) is 4.06. The number of rotatable bonds is 4. The van der Waals surface area contributed by atoms with Crippen LogP contribution >= 0.6 is 0 Å². The first-order valence-electron chi connectivity index (χ1n) is 5.91. The summed E-state index contributed by atoms with van der Waals surface area (Å²) in [5, 5.41) is 3.01. The second kappa shape index (κ2) is 5.84. The smallest absolute Gasteiger partial charge is 0.141 e. The van der Waals surface area contributed by atoms with Crippen LogP contribution in [0.15, 0.2) is 36.5 Å². The summed E-state index contributed by atoms with van der Waals surface area (Å²) in [5.74, 6) is -1.53. The molecular formula is C14H13F3N2. The standard InChI is InChI=1S/C14H13F3N2/c1-2-18-14(13-6-4-10(16)8-19-13)11-7-9(15)3-5-12(11)17/h3-8,14,18H,2H2,1H3. The molecule has 0 saturated heterocycles. The van der Waals surface area contributed by atoms with Gasteiger partial charge in [0.25, 0.3) is 0 Å². The van der Waals surface area contributed by atoms with Crippen LogP contribution in [0.4, 0.5) is 13.2 Å². The minimum atomic E-state index is -0.610. The van der Waals surface area contributed by atoms with Gasteiger partial charge >= 0.3 is 0 Å². The van der Waals surface area contributed by atoms with Crippen LogP contribution in [0, 0.1) is 17.5 Å². The Kier molecular flexibility index (Phi) is 4.16. The molecule has 2 rings (SSSR count). The summed E-state index contributed by atoms with van der Waals surface area (Å²) in [7, 11) is 0. The third kappa shape index (κ3) is 3.12. The van der Waals surface area contributed by atoms with Gasteiger partial charge in [-0.15, -0.1) is 0 Å². The number of nitrogens with zero attached hydrogens (tertiary/aromatic N) is 1. The van der Waals surface area contributed by atoms with E-state index in [-0.39, 0.29) is 5.56 Å². The zero-order chi connectivity index (χ0) is 13.8. The molecule has 0 bridgehead atoms. The Labute approximate surface area is 109 Å². The van der Waals surface area contributed by atoms with E-state index in [0.29, 0.717) is 12.2 Å². The fourth-order valence-electron chi connectivity index (χ4n) is 1.87. The third-order valence-corrected chi connectivity index (χ3v) is 2.72. The van der Waals surface area contributed by atoms with Crippen molar-refractivity contribution in [1.29, 1.82) is 0 Å². The Morgan fingerprint density at radius 1 is 1.11 bits per heavy atom. The van der Waals surface area contributed by atoms with Crippen LogP contribution in [0.25, 0.3) is 0 Å². The molecular weight excluding hydrogens is 253 g/mol. The Balaban J connectivity index is 2.44. The molecule has 1 heterocycles. The van der Waals surface area contributed by atoms with Gasteiger partial charge in [0.05, 0.1) is 17.9 Å². The topological polar surface area (TPSA) is 24.9 Å². The molecule has 0 aliphatic heterocycles. The van der Waals surface area contributed by atoms with Crippen molar-refractivity contribution in [3.05, 3.63) is 65.2 Å². The van der Waals surface area contributed by atoms with Crippen LogP contribution in [0.1, 0.15) is 24.2 Å². The number of nitrogens with one attached hydrogen (secondary N) is 1. The summed E-state index contributed by atoms with van der Waals surface area (Å²) in [6.07, 6.45) is 1.05. The Hall–Kier alpha value is -1.88. The molecule has 5 heteroatoms. The molecule has 19 heavy (non-hydrogen) atoms. The Morgan fingerprint density at radius 3 is 2.47 bits per heavy atom. The molecule has 0 saturated carbocycles. The largest absolute Gasteiger partial charge is 0.305 e. The summed E-state index contributed by atoms with van der Waals surface area (Å²) in [5.41, 5.74) is 0.591. The highest BCUT2D eigenvalue weighted by molar-refractivity contribution is 5.29. The van der Waals surface area contributed by atoms with Gasteiger partial charge in [0.1, 0.15) is 17.5 Å². The van der Waals surface area contributed by atoms with Gasteiger partial charge in [-0.1, -0.05) is 6.92 Å². The molecule has 2 nitrogen and oxygen atoms in total. The normalized spacial score (nSPS) is 12.4. The predicted molar refractivity (Wildman–Crippen MR) is 66.1 cm³/mol. The number of aromatic nitrogens is 1. The Morgan fingerprint density at radius 2 is 1.84 bits per heavy atom. The van der Waals surface area contributed by atoms with E-state index in [1.54, 1.807) is 0 Å². The van der Waals surface area contributed by atoms with Gasteiger partial charge in [-0.25, -0.2) is 13.2 Å². The third-order valence-electron chi connectivity index (χ3n) is 2.72. The molecule has 0 spiro atoms. The maximum atomic E-state index is 13.8. The van der Waals surface area contributed by atoms with Gasteiger partial charge in [-0.3, -0.25) is 4.98 Å². The van der Waals surface area contributed by atoms with Crippen LogP contribution < -0.4 is 5.32 Å².